The molecule has 0 saturated heterocycles. The predicted octanol–water partition coefficient (Wildman–Crippen LogP) is 2.24. The molecule has 4 heteroatoms. The van der Waals surface area contributed by atoms with E-state index in [-0.39, 0.29) is 0 Å². The van der Waals surface area contributed by atoms with Gasteiger partial charge < -0.3 is 5.73 Å². The third-order valence-corrected chi connectivity index (χ3v) is 3.40. The average Bonchev–Trinajstić information content (AvgIpc) is 2.25. The summed E-state index contributed by atoms with van der Waals surface area (Å²) in [7, 11) is 0. The quantitative estimate of drug-likeness (QED) is 0.827. The summed E-state index contributed by atoms with van der Waals surface area (Å²) in [4.78, 5) is 9.10. The van der Waals surface area contributed by atoms with Crippen molar-refractivity contribution in [1.82, 2.24) is 9.97 Å². The minimum Gasteiger partial charge on any atom is -0.330 e. The van der Waals surface area contributed by atoms with Crippen molar-refractivity contribution >= 4 is 11.8 Å². The SMILES string of the molecule is CCSCc1nc(C)c(CCCN)c(C)n1. The molecule has 1 rings (SSSR count). The van der Waals surface area contributed by atoms with Crippen LogP contribution in [0.4, 0.5) is 0 Å². The number of aromatic nitrogens is 2. The average molecular weight is 239 g/mol. The predicted molar refractivity (Wildman–Crippen MR) is 70.7 cm³/mol. The second-order valence-electron chi connectivity index (χ2n) is 3.82. The number of hydrogen-bond acceptors (Lipinski definition) is 4. The van der Waals surface area contributed by atoms with Crippen LogP contribution in [0.2, 0.25) is 0 Å². The fourth-order valence-electron chi connectivity index (χ4n) is 1.71. The molecule has 1 aromatic rings. The van der Waals surface area contributed by atoms with Crippen molar-refractivity contribution in [3.05, 3.63) is 22.8 Å². The van der Waals surface area contributed by atoms with Crippen LogP contribution in [0.25, 0.3) is 0 Å². The van der Waals surface area contributed by atoms with Gasteiger partial charge in [-0.15, -0.1) is 0 Å². The number of hydrogen-bond donors (Lipinski definition) is 1. The summed E-state index contributed by atoms with van der Waals surface area (Å²) in [5.41, 5.74) is 9.04. The molecule has 0 aliphatic carbocycles. The molecule has 3 nitrogen and oxygen atoms in total. The first kappa shape index (κ1) is 13.5. The van der Waals surface area contributed by atoms with Crippen LogP contribution in [0, 0.1) is 13.8 Å². The maximum atomic E-state index is 5.53. The zero-order chi connectivity index (χ0) is 12.0. The highest BCUT2D eigenvalue weighted by molar-refractivity contribution is 7.98. The van der Waals surface area contributed by atoms with Crippen LogP contribution in [0.5, 0.6) is 0 Å². The smallest absolute Gasteiger partial charge is 0.138 e. The molecule has 0 aliphatic rings. The van der Waals surface area contributed by atoms with Crippen LogP contribution < -0.4 is 5.73 Å². The van der Waals surface area contributed by atoms with E-state index in [1.54, 1.807) is 0 Å². The van der Waals surface area contributed by atoms with Gasteiger partial charge in [-0.05, 0) is 44.6 Å². The molecule has 2 N–H and O–H groups in total. The Labute approximate surface area is 102 Å². The molecule has 0 spiro atoms. The molecule has 0 fully saturated rings. The molecular formula is C12H21N3S. The lowest BCUT2D eigenvalue weighted by molar-refractivity contribution is 0.796. The summed E-state index contributed by atoms with van der Waals surface area (Å²) < 4.78 is 0. The Morgan fingerprint density at radius 1 is 1.19 bits per heavy atom. The Kier molecular flexibility index (Phi) is 5.77. The first-order valence-electron chi connectivity index (χ1n) is 5.79. The van der Waals surface area contributed by atoms with E-state index in [9.17, 15) is 0 Å². The Morgan fingerprint density at radius 2 is 1.81 bits per heavy atom. The minimum atomic E-state index is 0.728. The van der Waals surface area contributed by atoms with Gasteiger partial charge in [0.15, 0.2) is 0 Å². The van der Waals surface area contributed by atoms with Crippen LogP contribution in [0.3, 0.4) is 0 Å². The van der Waals surface area contributed by atoms with E-state index in [1.807, 2.05) is 11.8 Å². The Hall–Kier alpha value is -0.610. The van der Waals surface area contributed by atoms with Gasteiger partial charge in [0, 0.05) is 11.4 Å². The van der Waals surface area contributed by atoms with Crippen molar-refractivity contribution in [2.45, 2.75) is 39.4 Å². The van der Waals surface area contributed by atoms with Gasteiger partial charge >= 0.3 is 0 Å². The maximum Gasteiger partial charge on any atom is 0.138 e. The molecule has 0 saturated carbocycles. The van der Waals surface area contributed by atoms with Crippen molar-refractivity contribution < 1.29 is 0 Å². The normalized spacial score (nSPS) is 10.8. The summed E-state index contributed by atoms with van der Waals surface area (Å²) in [5, 5.41) is 0. The summed E-state index contributed by atoms with van der Waals surface area (Å²) in [6, 6.07) is 0. The summed E-state index contributed by atoms with van der Waals surface area (Å²) >= 11 is 1.86. The Morgan fingerprint density at radius 3 is 2.31 bits per heavy atom. The van der Waals surface area contributed by atoms with Crippen LogP contribution in [0.1, 0.15) is 36.1 Å². The van der Waals surface area contributed by atoms with Gasteiger partial charge in [0.05, 0.1) is 5.75 Å². The first-order chi connectivity index (χ1) is 7.69. The summed E-state index contributed by atoms with van der Waals surface area (Å²) in [6.45, 7) is 7.02. The third-order valence-electron chi connectivity index (χ3n) is 2.53. The van der Waals surface area contributed by atoms with Crippen molar-refractivity contribution in [3.63, 3.8) is 0 Å². The number of rotatable bonds is 6. The van der Waals surface area contributed by atoms with Crippen LogP contribution in [-0.2, 0) is 12.2 Å². The van der Waals surface area contributed by atoms with E-state index in [2.05, 4.69) is 30.7 Å². The molecule has 0 amide bonds. The Bertz CT molecular complexity index is 316. The van der Waals surface area contributed by atoms with E-state index in [1.165, 1.54) is 5.56 Å². The molecular weight excluding hydrogens is 218 g/mol. The molecule has 0 bridgehead atoms. The highest BCUT2D eigenvalue weighted by Crippen LogP contribution is 2.15. The van der Waals surface area contributed by atoms with Crippen LogP contribution in [0.15, 0.2) is 0 Å². The van der Waals surface area contributed by atoms with Gasteiger partial charge in [-0.3, -0.25) is 0 Å². The van der Waals surface area contributed by atoms with Gasteiger partial charge in [-0.2, -0.15) is 11.8 Å². The molecule has 1 aromatic heterocycles. The molecule has 0 aliphatic heterocycles. The molecule has 16 heavy (non-hydrogen) atoms. The highest BCUT2D eigenvalue weighted by Gasteiger charge is 2.07. The van der Waals surface area contributed by atoms with Crippen molar-refractivity contribution in [3.8, 4) is 0 Å². The van der Waals surface area contributed by atoms with Crippen LogP contribution >= 0.6 is 11.8 Å². The van der Waals surface area contributed by atoms with Gasteiger partial charge in [0.2, 0.25) is 0 Å². The van der Waals surface area contributed by atoms with E-state index < -0.39 is 0 Å². The van der Waals surface area contributed by atoms with Gasteiger partial charge in [-0.1, -0.05) is 6.92 Å². The third kappa shape index (κ3) is 3.76. The lowest BCUT2D eigenvalue weighted by Gasteiger charge is -2.10. The maximum absolute atomic E-state index is 5.53. The van der Waals surface area contributed by atoms with E-state index in [0.717, 1.165) is 48.1 Å². The zero-order valence-electron chi connectivity index (χ0n) is 10.4. The lowest BCUT2D eigenvalue weighted by Crippen LogP contribution is -2.07. The molecule has 0 aromatic carbocycles. The number of nitrogens with zero attached hydrogens (tertiary/aromatic N) is 2. The monoisotopic (exact) mass is 239 g/mol. The van der Waals surface area contributed by atoms with E-state index in [4.69, 9.17) is 5.73 Å². The van der Waals surface area contributed by atoms with E-state index in [0.29, 0.717) is 0 Å². The largest absolute Gasteiger partial charge is 0.330 e. The second kappa shape index (κ2) is 6.86. The van der Waals surface area contributed by atoms with Crippen molar-refractivity contribution in [2.24, 2.45) is 5.73 Å². The van der Waals surface area contributed by atoms with Gasteiger partial charge in [-0.25, -0.2) is 9.97 Å². The highest BCUT2D eigenvalue weighted by atomic mass is 32.2. The Balaban J connectivity index is 2.80. The number of aryl methyl sites for hydroxylation is 2. The summed E-state index contributed by atoms with van der Waals surface area (Å²) in [5.74, 6) is 2.98. The molecule has 1 heterocycles. The molecule has 0 atom stereocenters. The standard InChI is InChI=1S/C12H21N3S/c1-4-16-8-12-14-9(2)11(6-5-7-13)10(3)15-12/h4-8,13H2,1-3H3. The minimum absolute atomic E-state index is 0.728. The fraction of sp³-hybridized carbons (Fsp3) is 0.667. The lowest BCUT2D eigenvalue weighted by atomic mass is 10.1. The van der Waals surface area contributed by atoms with Crippen molar-refractivity contribution in [2.75, 3.05) is 12.3 Å². The van der Waals surface area contributed by atoms with Crippen molar-refractivity contribution in [1.29, 1.82) is 0 Å². The van der Waals surface area contributed by atoms with Gasteiger partial charge in [0.1, 0.15) is 5.82 Å². The molecule has 0 radical (unpaired) electrons. The van der Waals surface area contributed by atoms with Gasteiger partial charge in [0.25, 0.3) is 0 Å². The summed E-state index contributed by atoms with van der Waals surface area (Å²) in [6.07, 6.45) is 2.00. The molecule has 0 unspecified atom stereocenters. The zero-order valence-corrected chi connectivity index (χ0v) is 11.2. The number of nitrogens with two attached hydrogens (primary N) is 1. The topological polar surface area (TPSA) is 51.8 Å². The van der Waals surface area contributed by atoms with E-state index >= 15 is 0 Å². The fourth-order valence-corrected chi connectivity index (χ4v) is 2.22. The van der Waals surface area contributed by atoms with Crippen LogP contribution in [-0.4, -0.2) is 22.3 Å². The second-order valence-corrected chi connectivity index (χ2v) is 5.09. The molecule has 90 valence electrons. The number of thioether (sulfide) groups is 1. The first-order valence-corrected chi connectivity index (χ1v) is 6.95.